The highest BCUT2D eigenvalue weighted by atomic mass is 16.5. The molecule has 0 aliphatic carbocycles. The standard InChI is InChI=1S/C15H21N5O2/c1-11-17-15(22-18-11)13-5-7-20(8-6-13)14(21)4-3-12-9-16-19(2)10-12/h9-10,13H,3-8H2,1-2H3. The third kappa shape index (κ3) is 3.35. The molecule has 7 heteroatoms. The molecule has 22 heavy (non-hydrogen) atoms. The maximum Gasteiger partial charge on any atom is 0.229 e. The van der Waals surface area contributed by atoms with Gasteiger partial charge in [0.05, 0.1) is 6.20 Å². The Hall–Kier alpha value is -2.18. The fourth-order valence-corrected chi connectivity index (χ4v) is 2.87. The van der Waals surface area contributed by atoms with Gasteiger partial charge in [0, 0.05) is 38.7 Å². The third-order valence-corrected chi connectivity index (χ3v) is 4.13. The number of amides is 1. The molecule has 0 atom stereocenters. The normalized spacial score (nSPS) is 16.2. The van der Waals surface area contributed by atoms with Gasteiger partial charge in [-0.3, -0.25) is 9.48 Å². The van der Waals surface area contributed by atoms with Crippen LogP contribution in [0.5, 0.6) is 0 Å². The van der Waals surface area contributed by atoms with Crippen LogP contribution in [-0.4, -0.2) is 43.8 Å². The Kier molecular flexibility index (Phi) is 4.22. The fourth-order valence-electron chi connectivity index (χ4n) is 2.87. The molecule has 1 fully saturated rings. The molecule has 118 valence electrons. The van der Waals surface area contributed by atoms with Crippen molar-refractivity contribution in [3.63, 3.8) is 0 Å². The second-order valence-electron chi connectivity index (χ2n) is 5.86. The van der Waals surface area contributed by atoms with Crippen molar-refractivity contribution < 1.29 is 9.32 Å². The van der Waals surface area contributed by atoms with Crippen LogP contribution in [0.15, 0.2) is 16.9 Å². The van der Waals surface area contributed by atoms with Crippen molar-refractivity contribution in [3.05, 3.63) is 29.7 Å². The van der Waals surface area contributed by atoms with Gasteiger partial charge in [0.25, 0.3) is 0 Å². The molecule has 0 spiro atoms. The number of aryl methyl sites for hydroxylation is 3. The van der Waals surface area contributed by atoms with Gasteiger partial charge in [0.2, 0.25) is 11.8 Å². The number of hydrogen-bond donors (Lipinski definition) is 0. The van der Waals surface area contributed by atoms with Crippen LogP contribution in [0.25, 0.3) is 0 Å². The average Bonchev–Trinajstić information content (AvgIpc) is 3.13. The molecule has 0 radical (unpaired) electrons. The SMILES string of the molecule is Cc1noc(C2CCN(C(=O)CCc3cnn(C)c3)CC2)n1. The number of carbonyl (C=O) groups excluding carboxylic acids is 1. The van der Waals surface area contributed by atoms with E-state index in [0.717, 1.165) is 37.9 Å². The maximum absolute atomic E-state index is 12.3. The van der Waals surface area contributed by atoms with Gasteiger partial charge in [-0.15, -0.1) is 0 Å². The quantitative estimate of drug-likeness (QED) is 0.854. The van der Waals surface area contributed by atoms with E-state index in [1.807, 2.05) is 31.3 Å². The van der Waals surface area contributed by atoms with E-state index in [-0.39, 0.29) is 11.8 Å². The minimum absolute atomic E-state index is 0.212. The zero-order valence-electron chi connectivity index (χ0n) is 13.0. The molecule has 0 bridgehead atoms. The van der Waals surface area contributed by atoms with E-state index < -0.39 is 0 Å². The van der Waals surface area contributed by atoms with Gasteiger partial charge in [0.1, 0.15) is 0 Å². The Labute approximate surface area is 129 Å². The van der Waals surface area contributed by atoms with Gasteiger partial charge in [-0.2, -0.15) is 10.1 Å². The lowest BCUT2D eigenvalue weighted by atomic mass is 9.96. The summed E-state index contributed by atoms with van der Waals surface area (Å²) in [6.45, 7) is 3.35. The van der Waals surface area contributed by atoms with E-state index in [1.165, 1.54) is 0 Å². The molecule has 0 unspecified atom stereocenters. The van der Waals surface area contributed by atoms with Crippen molar-refractivity contribution in [1.82, 2.24) is 24.8 Å². The molecule has 0 aromatic carbocycles. The summed E-state index contributed by atoms with van der Waals surface area (Å²) in [4.78, 5) is 18.5. The maximum atomic E-state index is 12.3. The summed E-state index contributed by atoms with van der Waals surface area (Å²) < 4.78 is 6.99. The predicted octanol–water partition coefficient (Wildman–Crippen LogP) is 1.45. The van der Waals surface area contributed by atoms with Gasteiger partial charge >= 0.3 is 0 Å². The molecule has 1 amide bonds. The van der Waals surface area contributed by atoms with Crippen LogP contribution >= 0.6 is 0 Å². The molecule has 1 aliphatic rings. The summed E-state index contributed by atoms with van der Waals surface area (Å²) in [7, 11) is 1.88. The molecule has 3 heterocycles. The zero-order valence-corrected chi connectivity index (χ0v) is 13.0. The second kappa shape index (κ2) is 6.29. The van der Waals surface area contributed by atoms with E-state index in [0.29, 0.717) is 18.1 Å². The lowest BCUT2D eigenvalue weighted by Gasteiger charge is -2.30. The van der Waals surface area contributed by atoms with Crippen molar-refractivity contribution in [1.29, 1.82) is 0 Å². The van der Waals surface area contributed by atoms with Gasteiger partial charge < -0.3 is 9.42 Å². The molecule has 7 nitrogen and oxygen atoms in total. The Morgan fingerprint density at radius 2 is 2.18 bits per heavy atom. The van der Waals surface area contributed by atoms with Crippen LogP contribution in [-0.2, 0) is 18.3 Å². The van der Waals surface area contributed by atoms with Crippen molar-refractivity contribution in [2.45, 2.75) is 38.5 Å². The Morgan fingerprint density at radius 3 is 2.77 bits per heavy atom. The van der Waals surface area contributed by atoms with Crippen molar-refractivity contribution in [2.24, 2.45) is 7.05 Å². The summed E-state index contributed by atoms with van der Waals surface area (Å²) in [5.41, 5.74) is 1.10. The molecule has 0 N–H and O–H groups in total. The summed E-state index contributed by atoms with van der Waals surface area (Å²) in [5, 5.41) is 7.96. The number of aromatic nitrogens is 4. The highest BCUT2D eigenvalue weighted by Gasteiger charge is 2.26. The van der Waals surface area contributed by atoms with Gasteiger partial charge in [-0.05, 0) is 31.7 Å². The van der Waals surface area contributed by atoms with Crippen LogP contribution in [0, 0.1) is 6.92 Å². The topological polar surface area (TPSA) is 77.0 Å². The first-order valence-corrected chi connectivity index (χ1v) is 7.67. The first kappa shape index (κ1) is 14.7. The van der Waals surface area contributed by atoms with Crippen molar-refractivity contribution in [2.75, 3.05) is 13.1 Å². The number of rotatable bonds is 4. The van der Waals surface area contributed by atoms with Gasteiger partial charge in [-0.1, -0.05) is 5.16 Å². The fraction of sp³-hybridized carbons (Fsp3) is 0.600. The van der Waals surface area contributed by atoms with E-state index in [1.54, 1.807) is 4.68 Å². The van der Waals surface area contributed by atoms with E-state index >= 15 is 0 Å². The molecule has 2 aromatic rings. The van der Waals surface area contributed by atoms with E-state index in [4.69, 9.17) is 4.52 Å². The van der Waals surface area contributed by atoms with Crippen LogP contribution < -0.4 is 0 Å². The van der Waals surface area contributed by atoms with Crippen LogP contribution in [0.2, 0.25) is 0 Å². The summed E-state index contributed by atoms with van der Waals surface area (Å²) in [5.74, 6) is 1.87. The molecule has 1 aliphatic heterocycles. The predicted molar refractivity (Wildman–Crippen MR) is 79.1 cm³/mol. The molecule has 1 saturated heterocycles. The summed E-state index contributed by atoms with van der Waals surface area (Å²) in [6, 6.07) is 0. The highest BCUT2D eigenvalue weighted by molar-refractivity contribution is 5.76. The largest absolute Gasteiger partial charge is 0.343 e. The van der Waals surface area contributed by atoms with E-state index in [2.05, 4.69) is 15.2 Å². The monoisotopic (exact) mass is 303 g/mol. The molecular formula is C15H21N5O2. The smallest absolute Gasteiger partial charge is 0.229 e. The lowest BCUT2D eigenvalue weighted by Crippen LogP contribution is -2.38. The van der Waals surface area contributed by atoms with Gasteiger partial charge in [0.15, 0.2) is 5.82 Å². The molecule has 2 aromatic heterocycles. The number of carbonyl (C=O) groups is 1. The molecule has 3 rings (SSSR count). The number of hydrogen-bond acceptors (Lipinski definition) is 5. The summed E-state index contributed by atoms with van der Waals surface area (Å²) >= 11 is 0. The summed E-state index contributed by atoms with van der Waals surface area (Å²) in [6.07, 6.45) is 6.83. The lowest BCUT2D eigenvalue weighted by molar-refractivity contribution is -0.132. The number of piperidine rings is 1. The molecule has 0 saturated carbocycles. The highest BCUT2D eigenvalue weighted by Crippen LogP contribution is 2.27. The first-order valence-electron chi connectivity index (χ1n) is 7.67. The second-order valence-corrected chi connectivity index (χ2v) is 5.86. The Morgan fingerprint density at radius 1 is 1.41 bits per heavy atom. The number of likely N-dealkylation sites (tertiary alicyclic amines) is 1. The average molecular weight is 303 g/mol. The van der Waals surface area contributed by atoms with Crippen molar-refractivity contribution >= 4 is 5.91 Å². The van der Waals surface area contributed by atoms with Gasteiger partial charge in [-0.25, -0.2) is 0 Å². The van der Waals surface area contributed by atoms with Crippen LogP contribution in [0.4, 0.5) is 0 Å². The zero-order chi connectivity index (χ0) is 15.5. The Balaban J connectivity index is 1.47. The van der Waals surface area contributed by atoms with Crippen LogP contribution in [0.3, 0.4) is 0 Å². The number of nitrogens with zero attached hydrogens (tertiary/aromatic N) is 5. The van der Waals surface area contributed by atoms with Crippen LogP contribution in [0.1, 0.15) is 42.5 Å². The third-order valence-electron chi connectivity index (χ3n) is 4.13. The van der Waals surface area contributed by atoms with Crippen molar-refractivity contribution in [3.8, 4) is 0 Å². The van der Waals surface area contributed by atoms with E-state index in [9.17, 15) is 4.79 Å². The first-order chi connectivity index (χ1) is 10.6. The minimum Gasteiger partial charge on any atom is -0.343 e. The Bertz CT molecular complexity index is 640. The molecular weight excluding hydrogens is 282 g/mol. The minimum atomic E-state index is 0.212.